The van der Waals surface area contributed by atoms with E-state index in [0.29, 0.717) is 5.69 Å². The van der Waals surface area contributed by atoms with Crippen molar-refractivity contribution < 1.29 is 38.8 Å². The van der Waals surface area contributed by atoms with Crippen molar-refractivity contribution in [3.05, 3.63) is 30.9 Å². The van der Waals surface area contributed by atoms with Gasteiger partial charge in [0.25, 0.3) is 0 Å². The van der Waals surface area contributed by atoms with Crippen molar-refractivity contribution in [3.8, 4) is 0 Å². The van der Waals surface area contributed by atoms with Crippen molar-refractivity contribution in [2.24, 2.45) is 0 Å². The van der Waals surface area contributed by atoms with Crippen LogP contribution in [0.4, 0.5) is 5.82 Å². The predicted molar refractivity (Wildman–Crippen MR) is 108 cm³/mol. The third-order valence-electron chi connectivity index (χ3n) is 5.01. The highest BCUT2D eigenvalue weighted by molar-refractivity contribution is 7.50. The van der Waals surface area contributed by atoms with Crippen LogP contribution in [0.1, 0.15) is 11.9 Å². The second-order valence-corrected chi connectivity index (χ2v) is 8.80. The number of anilines is 1. The van der Waals surface area contributed by atoms with Gasteiger partial charge in [-0.15, -0.1) is 0 Å². The molecule has 1 aliphatic heterocycles. The first kappa shape index (κ1) is 23.2. The molecule has 3 aromatic rings. The number of ether oxygens (including phenoxy) is 1. The summed E-state index contributed by atoms with van der Waals surface area (Å²) in [5.74, 6) is -1.27. The van der Waals surface area contributed by atoms with Gasteiger partial charge in [-0.25, -0.2) is 29.6 Å². The van der Waals surface area contributed by atoms with Gasteiger partial charge in [-0.05, 0) is 0 Å². The van der Waals surface area contributed by atoms with Crippen LogP contribution in [0.3, 0.4) is 0 Å². The number of carboxylic acids is 1. The molecule has 16 nitrogen and oxygen atoms in total. The Morgan fingerprint density at radius 2 is 2.15 bits per heavy atom. The molecule has 3 aromatic heterocycles. The molecular formula is C16H21N8O8P. The van der Waals surface area contributed by atoms with Gasteiger partial charge in [-0.2, -0.15) is 0 Å². The molecule has 1 saturated heterocycles. The summed E-state index contributed by atoms with van der Waals surface area (Å²) < 4.78 is 24.3. The zero-order valence-corrected chi connectivity index (χ0v) is 17.7. The maximum absolute atomic E-state index is 12.4. The first-order valence-corrected chi connectivity index (χ1v) is 11.1. The van der Waals surface area contributed by atoms with Gasteiger partial charge in [0, 0.05) is 18.3 Å². The van der Waals surface area contributed by atoms with Crippen molar-refractivity contribution in [1.29, 1.82) is 0 Å². The molecule has 33 heavy (non-hydrogen) atoms. The van der Waals surface area contributed by atoms with E-state index in [0.717, 1.165) is 0 Å². The van der Waals surface area contributed by atoms with Gasteiger partial charge >= 0.3 is 13.7 Å². The highest BCUT2D eigenvalue weighted by Crippen LogP contribution is 2.40. The van der Waals surface area contributed by atoms with Crippen LogP contribution >= 0.6 is 7.75 Å². The minimum absolute atomic E-state index is 0.113. The molecule has 178 valence electrons. The number of imidazole rings is 2. The summed E-state index contributed by atoms with van der Waals surface area (Å²) in [5, 5.41) is 32.2. The summed E-state index contributed by atoms with van der Waals surface area (Å²) in [6, 6.07) is -1.46. The molecule has 8 N–H and O–H groups in total. The van der Waals surface area contributed by atoms with Gasteiger partial charge in [0.1, 0.15) is 36.2 Å². The fraction of sp³-hybridized carbons (Fsp3) is 0.438. The lowest BCUT2D eigenvalue weighted by molar-refractivity contribution is -0.139. The predicted octanol–water partition coefficient (Wildman–Crippen LogP) is -1.85. The van der Waals surface area contributed by atoms with Crippen LogP contribution in [0, 0.1) is 0 Å². The van der Waals surface area contributed by atoms with Crippen LogP contribution in [0.25, 0.3) is 11.2 Å². The fourth-order valence-electron chi connectivity index (χ4n) is 3.37. The van der Waals surface area contributed by atoms with E-state index in [4.69, 9.17) is 15.0 Å². The number of nitrogen functional groups attached to an aromatic ring is 1. The minimum Gasteiger partial charge on any atom is -0.480 e. The SMILES string of the molecule is Nc1ncnc2c1ncn2[C@@H]1O[C@H](COP(=O)(O)N[C@@H](Cc2cnc[nH]2)C(=O)O)[C@@H](O)[C@H]1O. The number of hydrogen-bond acceptors (Lipinski definition) is 11. The van der Waals surface area contributed by atoms with E-state index in [1.807, 2.05) is 5.09 Å². The molecule has 0 amide bonds. The van der Waals surface area contributed by atoms with E-state index in [2.05, 4.69) is 24.9 Å². The Morgan fingerprint density at radius 1 is 1.36 bits per heavy atom. The number of hydrogen-bond donors (Lipinski definition) is 7. The molecule has 4 heterocycles. The van der Waals surface area contributed by atoms with Crippen molar-refractivity contribution in [2.75, 3.05) is 12.3 Å². The van der Waals surface area contributed by atoms with Gasteiger partial charge in [0.2, 0.25) is 0 Å². The molecule has 0 aliphatic carbocycles. The van der Waals surface area contributed by atoms with Gasteiger partial charge in [-0.1, -0.05) is 0 Å². The molecule has 1 unspecified atom stereocenters. The number of carbonyl (C=O) groups is 1. The van der Waals surface area contributed by atoms with E-state index in [1.165, 1.54) is 29.7 Å². The van der Waals surface area contributed by atoms with Crippen LogP contribution in [-0.4, -0.2) is 86.6 Å². The number of aromatic nitrogens is 6. The van der Waals surface area contributed by atoms with Gasteiger partial charge in [-0.3, -0.25) is 13.9 Å². The normalized spacial score (nSPS) is 25.8. The summed E-state index contributed by atoms with van der Waals surface area (Å²) in [4.78, 5) is 39.9. The Balaban J connectivity index is 1.41. The molecule has 0 bridgehead atoms. The quantitative estimate of drug-likeness (QED) is 0.165. The number of fused-ring (bicyclic) bond motifs is 1. The Kier molecular flexibility index (Phi) is 6.40. The monoisotopic (exact) mass is 484 g/mol. The topological polar surface area (TPSA) is 244 Å². The van der Waals surface area contributed by atoms with Gasteiger partial charge in [0.05, 0.1) is 19.3 Å². The summed E-state index contributed by atoms with van der Waals surface area (Å²) in [6.07, 6.45) is -0.264. The Morgan fingerprint density at radius 3 is 2.85 bits per heavy atom. The van der Waals surface area contributed by atoms with Crippen LogP contribution in [-0.2, 0) is 25.0 Å². The molecular weight excluding hydrogens is 463 g/mol. The number of aliphatic hydroxyl groups excluding tert-OH is 2. The number of nitrogens with one attached hydrogen (secondary N) is 2. The number of aliphatic carboxylic acids is 1. The molecule has 0 saturated carbocycles. The number of aliphatic hydroxyl groups is 2. The third kappa shape index (κ3) is 4.86. The second kappa shape index (κ2) is 9.11. The highest BCUT2D eigenvalue weighted by atomic mass is 31.2. The third-order valence-corrected chi connectivity index (χ3v) is 6.15. The lowest BCUT2D eigenvalue weighted by Gasteiger charge is -2.21. The smallest absolute Gasteiger partial charge is 0.403 e. The lowest BCUT2D eigenvalue weighted by Crippen LogP contribution is -2.38. The lowest BCUT2D eigenvalue weighted by atomic mass is 10.1. The number of H-pyrrole nitrogens is 1. The molecule has 6 atom stereocenters. The summed E-state index contributed by atoms with van der Waals surface area (Å²) in [7, 11) is -4.64. The van der Waals surface area contributed by atoms with Crippen molar-refractivity contribution >= 4 is 30.7 Å². The Bertz CT molecular complexity index is 1170. The zero-order chi connectivity index (χ0) is 23.8. The van der Waals surface area contributed by atoms with Crippen molar-refractivity contribution in [3.63, 3.8) is 0 Å². The average molecular weight is 484 g/mol. The molecule has 0 radical (unpaired) electrons. The van der Waals surface area contributed by atoms with Crippen LogP contribution < -0.4 is 10.8 Å². The van der Waals surface area contributed by atoms with E-state index >= 15 is 0 Å². The molecule has 1 aliphatic rings. The Labute approximate surface area is 185 Å². The van der Waals surface area contributed by atoms with Crippen LogP contribution in [0.2, 0.25) is 0 Å². The van der Waals surface area contributed by atoms with E-state index in [9.17, 15) is 29.6 Å². The zero-order valence-electron chi connectivity index (χ0n) is 16.8. The maximum Gasteiger partial charge on any atom is 0.403 e. The standard InChI is InChI=1S/C16H21N8O8P/c17-13-10-14(21-5-20-13)24(6-22-10)15-12(26)11(25)9(32-15)3-31-33(29,30)23-8(16(27)28)1-7-2-18-4-19-7/h2,4-6,8-9,11-12,15,25-26H,1,3H2,(H,18,19)(H,27,28)(H2,17,20,21)(H2,23,29,30)/t8-,9+,11+,12+,15+/m0/s1. The maximum atomic E-state index is 12.4. The highest BCUT2D eigenvalue weighted by Gasteiger charge is 2.45. The number of rotatable bonds is 9. The number of carboxylic acid groups (broad SMARTS) is 1. The average Bonchev–Trinajstić information content (AvgIpc) is 3.48. The molecule has 17 heteroatoms. The first-order chi connectivity index (χ1) is 15.7. The van der Waals surface area contributed by atoms with Crippen molar-refractivity contribution in [2.45, 2.75) is 37.0 Å². The number of aromatic amines is 1. The minimum atomic E-state index is -4.64. The van der Waals surface area contributed by atoms with E-state index < -0.39 is 50.9 Å². The molecule has 4 rings (SSSR count). The first-order valence-electron chi connectivity index (χ1n) is 9.56. The largest absolute Gasteiger partial charge is 0.480 e. The van der Waals surface area contributed by atoms with E-state index in [1.54, 1.807) is 0 Å². The summed E-state index contributed by atoms with van der Waals surface area (Å²) in [6.45, 7) is -0.629. The van der Waals surface area contributed by atoms with Crippen molar-refractivity contribution in [1.82, 2.24) is 34.6 Å². The number of nitrogens with two attached hydrogens (primary N) is 1. The summed E-state index contributed by atoms with van der Waals surface area (Å²) in [5.41, 5.74) is 6.68. The Hall–Kier alpha value is -2.98. The van der Waals surface area contributed by atoms with Crippen LogP contribution in [0.15, 0.2) is 25.2 Å². The van der Waals surface area contributed by atoms with Gasteiger partial charge in [0.15, 0.2) is 17.7 Å². The molecule has 0 spiro atoms. The molecule has 1 fully saturated rings. The fourth-order valence-corrected chi connectivity index (χ4v) is 4.39. The molecule has 0 aromatic carbocycles. The van der Waals surface area contributed by atoms with Gasteiger partial charge < -0.3 is 35.7 Å². The van der Waals surface area contributed by atoms with Crippen LogP contribution in [0.5, 0.6) is 0 Å². The number of nitrogens with zero attached hydrogens (tertiary/aromatic N) is 5. The second-order valence-electron chi connectivity index (χ2n) is 7.25. The summed E-state index contributed by atoms with van der Waals surface area (Å²) >= 11 is 0. The van der Waals surface area contributed by atoms with E-state index in [-0.39, 0.29) is 23.4 Å².